The van der Waals surface area contributed by atoms with E-state index in [9.17, 15) is 9.18 Å². The summed E-state index contributed by atoms with van der Waals surface area (Å²) in [6.07, 6.45) is 0.388. The summed E-state index contributed by atoms with van der Waals surface area (Å²) in [5.41, 5.74) is 1.92. The molecule has 2 heterocycles. The average Bonchev–Trinajstić information content (AvgIpc) is 3.28. The Kier molecular flexibility index (Phi) is 4.42. The van der Waals surface area contributed by atoms with Gasteiger partial charge in [-0.2, -0.15) is 0 Å². The van der Waals surface area contributed by atoms with Crippen LogP contribution in [0.3, 0.4) is 0 Å². The van der Waals surface area contributed by atoms with E-state index in [0.717, 1.165) is 5.56 Å². The van der Waals surface area contributed by atoms with Crippen molar-refractivity contribution in [3.05, 3.63) is 71.6 Å². The lowest BCUT2D eigenvalue weighted by molar-refractivity contribution is 0.0927. The van der Waals surface area contributed by atoms with Gasteiger partial charge >= 0.3 is 0 Å². The Morgan fingerprint density at radius 2 is 1.93 bits per heavy atom. The fraction of sp³-hybridized carbons (Fsp3) is 0.150. The predicted octanol–water partition coefficient (Wildman–Crippen LogP) is 3.90. The molecule has 2 aromatic heterocycles. The van der Waals surface area contributed by atoms with Crippen molar-refractivity contribution in [2.24, 2.45) is 0 Å². The second kappa shape index (κ2) is 7.03. The highest BCUT2D eigenvalue weighted by molar-refractivity contribution is 5.98. The van der Waals surface area contributed by atoms with E-state index in [2.05, 4.69) is 15.5 Å². The zero-order valence-electron chi connectivity index (χ0n) is 14.5. The van der Waals surface area contributed by atoms with Crippen LogP contribution in [0, 0.1) is 12.7 Å². The molecule has 4 rings (SSSR count). The summed E-state index contributed by atoms with van der Waals surface area (Å²) in [7, 11) is 0. The van der Waals surface area contributed by atoms with Gasteiger partial charge in [-0.05, 0) is 37.3 Å². The SMILES string of the molecule is Cc1c(C(=O)NCCc2nnc(-c3ccccc3)o2)oc2ccc(F)cc12. The average molecular weight is 365 g/mol. The molecule has 1 N–H and O–H groups in total. The molecule has 6 nitrogen and oxygen atoms in total. The summed E-state index contributed by atoms with van der Waals surface area (Å²) in [6.45, 7) is 2.03. The number of aryl methyl sites for hydroxylation is 1. The first kappa shape index (κ1) is 17.0. The van der Waals surface area contributed by atoms with Gasteiger partial charge in [-0.15, -0.1) is 10.2 Å². The third kappa shape index (κ3) is 3.44. The molecule has 0 aliphatic carbocycles. The number of furan rings is 1. The lowest BCUT2D eigenvalue weighted by atomic mass is 10.1. The van der Waals surface area contributed by atoms with Crippen LogP contribution >= 0.6 is 0 Å². The standard InChI is InChI=1S/C20H16FN3O3/c1-12-15-11-14(21)7-8-16(15)26-18(12)19(25)22-10-9-17-23-24-20(27-17)13-5-3-2-4-6-13/h2-8,11H,9-10H2,1H3,(H,22,25). The molecule has 2 aromatic carbocycles. The van der Waals surface area contributed by atoms with Gasteiger partial charge < -0.3 is 14.2 Å². The summed E-state index contributed by atoms with van der Waals surface area (Å²) < 4.78 is 24.5. The molecule has 0 unspecified atom stereocenters. The van der Waals surface area contributed by atoms with Gasteiger partial charge in [0, 0.05) is 29.5 Å². The Morgan fingerprint density at radius 3 is 2.74 bits per heavy atom. The maximum absolute atomic E-state index is 13.4. The number of halogens is 1. The van der Waals surface area contributed by atoms with Crippen molar-refractivity contribution in [1.29, 1.82) is 0 Å². The smallest absolute Gasteiger partial charge is 0.287 e. The van der Waals surface area contributed by atoms with Crippen LogP contribution in [-0.2, 0) is 6.42 Å². The third-order valence-electron chi connectivity index (χ3n) is 4.22. The zero-order chi connectivity index (χ0) is 18.8. The van der Waals surface area contributed by atoms with Crippen LogP contribution in [0.4, 0.5) is 4.39 Å². The number of fused-ring (bicyclic) bond motifs is 1. The molecule has 0 saturated carbocycles. The number of hydrogen-bond donors (Lipinski definition) is 1. The summed E-state index contributed by atoms with van der Waals surface area (Å²) >= 11 is 0. The molecular formula is C20H16FN3O3. The second-order valence-electron chi connectivity index (χ2n) is 6.07. The van der Waals surface area contributed by atoms with E-state index in [-0.39, 0.29) is 17.5 Å². The second-order valence-corrected chi connectivity index (χ2v) is 6.07. The fourth-order valence-electron chi connectivity index (χ4n) is 2.82. The van der Waals surface area contributed by atoms with Gasteiger partial charge in [0.2, 0.25) is 11.8 Å². The first-order valence-corrected chi connectivity index (χ1v) is 8.46. The minimum Gasteiger partial charge on any atom is -0.451 e. The number of nitrogens with zero attached hydrogens (tertiary/aromatic N) is 2. The van der Waals surface area contributed by atoms with E-state index in [0.29, 0.717) is 41.3 Å². The molecule has 7 heteroatoms. The van der Waals surface area contributed by atoms with Crippen molar-refractivity contribution in [2.75, 3.05) is 6.54 Å². The van der Waals surface area contributed by atoms with Crippen LogP contribution in [0.15, 0.2) is 57.4 Å². The van der Waals surface area contributed by atoms with Gasteiger partial charge in [-0.25, -0.2) is 4.39 Å². The Morgan fingerprint density at radius 1 is 1.11 bits per heavy atom. The Bertz CT molecular complexity index is 1100. The van der Waals surface area contributed by atoms with Gasteiger partial charge in [0.25, 0.3) is 5.91 Å². The largest absolute Gasteiger partial charge is 0.451 e. The molecule has 0 atom stereocenters. The number of carbonyl (C=O) groups is 1. The van der Waals surface area contributed by atoms with Crippen LogP contribution in [0.2, 0.25) is 0 Å². The zero-order valence-corrected chi connectivity index (χ0v) is 14.5. The monoisotopic (exact) mass is 365 g/mol. The van der Waals surface area contributed by atoms with E-state index in [4.69, 9.17) is 8.83 Å². The van der Waals surface area contributed by atoms with Gasteiger partial charge in [0.15, 0.2) is 5.76 Å². The number of carbonyl (C=O) groups excluding carboxylic acids is 1. The minimum absolute atomic E-state index is 0.172. The molecule has 27 heavy (non-hydrogen) atoms. The topological polar surface area (TPSA) is 81.2 Å². The summed E-state index contributed by atoms with van der Waals surface area (Å²) in [5, 5.41) is 11.3. The van der Waals surface area contributed by atoms with Crippen LogP contribution in [0.25, 0.3) is 22.4 Å². The van der Waals surface area contributed by atoms with Crippen molar-refractivity contribution >= 4 is 16.9 Å². The van der Waals surface area contributed by atoms with Gasteiger partial charge in [-0.3, -0.25) is 4.79 Å². The number of amides is 1. The molecule has 136 valence electrons. The first-order valence-electron chi connectivity index (χ1n) is 8.46. The summed E-state index contributed by atoms with van der Waals surface area (Å²) in [5.74, 6) is 0.298. The van der Waals surface area contributed by atoms with Crippen molar-refractivity contribution in [3.8, 4) is 11.5 Å². The van der Waals surface area contributed by atoms with Crippen molar-refractivity contribution < 1.29 is 18.0 Å². The lowest BCUT2D eigenvalue weighted by Crippen LogP contribution is -2.25. The van der Waals surface area contributed by atoms with E-state index < -0.39 is 0 Å². The number of nitrogens with one attached hydrogen (secondary N) is 1. The molecule has 0 spiro atoms. The van der Waals surface area contributed by atoms with E-state index in [1.807, 2.05) is 30.3 Å². The summed E-state index contributed by atoms with van der Waals surface area (Å²) in [6, 6.07) is 13.6. The van der Waals surface area contributed by atoms with E-state index in [1.54, 1.807) is 6.92 Å². The lowest BCUT2D eigenvalue weighted by Gasteiger charge is -2.01. The van der Waals surface area contributed by atoms with Crippen LogP contribution in [-0.4, -0.2) is 22.6 Å². The number of hydrogen-bond acceptors (Lipinski definition) is 5. The molecule has 0 fully saturated rings. The first-order chi connectivity index (χ1) is 13.1. The van der Waals surface area contributed by atoms with Crippen LogP contribution in [0.5, 0.6) is 0 Å². The maximum Gasteiger partial charge on any atom is 0.287 e. The molecular weight excluding hydrogens is 349 g/mol. The van der Waals surface area contributed by atoms with Crippen molar-refractivity contribution in [1.82, 2.24) is 15.5 Å². The fourth-order valence-corrected chi connectivity index (χ4v) is 2.82. The van der Waals surface area contributed by atoms with Crippen molar-refractivity contribution in [2.45, 2.75) is 13.3 Å². The maximum atomic E-state index is 13.4. The molecule has 0 radical (unpaired) electrons. The normalized spacial score (nSPS) is 11.0. The highest BCUT2D eigenvalue weighted by Gasteiger charge is 2.18. The highest BCUT2D eigenvalue weighted by Crippen LogP contribution is 2.26. The van der Waals surface area contributed by atoms with Crippen LogP contribution < -0.4 is 5.32 Å². The van der Waals surface area contributed by atoms with Crippen LogP contribution in [0.1, 0.15) is 22.0 Å². The van der Waals surface area contributed by atoms with Gasteiger partial charge in [0.1, 0.15) is 11.4 Å². The molecule has 0 aliphatic rings. The molecule has 0 saturated heterocycles. The third-order valence-corrected chi connectivity index (χ3v) is 4.22. The summed E-state index contributed by atoms with van der Waals surface area (Å²) in [4.78, 5) is 12.4. The predicted molar refractivity (Wildman–Crippen MR) is 96.7 cm³/mol. The van der Waals surface area contributed by atoms with Gasteiger partial charge in [-0.1, -0.05) is 18.2 Å². The molecule has 4 aromatic rings. The quantitative estimate of drug-likeness (QED) is 0.580. The molecule has 0 aliphatic heterocycles. The van der Waals surface area contributed by atoms with Crippen molar-refractivity contribution in [3.63, 3.8) is 0 Å². The van der Waals surface area contributed by atoms with E-state index in [1.165, 1.54) is 18.2 Å². The van der Waals surface area contributed by atoms with E-state index >= 15 is 0 Å². The highest BCUT2D eigenvalue weighted by atomic mass is 19.1. The molecule has 1 amide bonds. The Hall–Kier alpha value is -3.48. The number of benzene rings is 2. The minimum atomic E-state index is -0.371. The number of aromatic nitrogens is 2. The Labute approximate surface area is 154 Å². The Balaban J connectivity index is 1.40. The molecule has 0 bridgehead atoms. The number of rotatable bonds is 5. The van der Waals surface area contributed by atoms with Gasteiger partial charge in [0.05, 0.1) is 0 Å².